The van der Waals surface area contributed by atoms with Crippen molar-refractivity contribution in [3.8, 4) is 0 Å². The Hall–Kier alpha value is -1.60. The van der Waals surface area contributed by atoms with Gasteiger partial charge in [-0.25, -0.2) is 0 Å². The molecule has 1 aromatic carbocycles. The molecule has 1 heteroatoms. The number of aliphatic hydroxyl groups is 1. The highest BCUT2D eigenvalue weighted by molar-refractivity contribution is 5.49. The largest absolute Gasteiger partial charge is 0.389 e. The molecule has 1 unspecified atom stereocenters. The first-order valence-corrected chi connectivity index (χ1v) is 4.94. The zero-order valence-corrected chi connectivity index (χ0v) is 8.76. The van der Waals surface area contributed by atoms with Crippen LogP contribution >= 0.6 is 0 Å². The number of rotatable bonds is 5. The number of benzene rings is 1. The van der Waals surface area contributed by atoms with E-state index in [1.54, 1.807) is 12.2 Å². The van der Waals surface area contributed by atoms with Crippen molar-refractivity contribution < 1.29 is 5.11 Å². The smallest absolute Gasteiger partial charge is 0.0764 e. The Morgan fingerprint density at radius 1 is 1.33 bits per heavy atom. The van der Waals surface area contributed by atoms with Crippen LogP contribution in [-0.2, 0) is 0 Å². The molecule has 0 radical (unpaired) electrons. The zero-order valence-electron chi connectivity index (χ0n) is 8.76. The van der Waals surface area contributed by atoms with E-state index in [0.717, 1.165) is 11.1 Å². The van der Waals surface area contributed by atoms with E-state index < -0.39 is 6.10 Å². The van der Waals surface area contributed by atoms with Crippen LogP contribution in [0.1, 0.15) is 12.0 Å². The Labute approximate surface area is 91.1 Å². The highest BCUT2D eigenvalue weighted by atomic mass is 16.3. The molecule has 78 valence electrons. The summed E-state index contributed by atoms with van der Waals surface area (Å²) < 4.78 is 0. The van der Waals surface area contributed by atoms with Gasteiger partial charge in [0, 0.05) is 6.42 Å². The Morgan fingerprint density at radius 3 is 2.60 bits per heavy atom. The van der Waals surface area contributed by atoms with Gasteiger partial charge in [0.15, 0.2) is 0 Å². The van der Waals surface area contributed by atoms with Crippen LogP contribution < -0.4 is 0 Å². The molecule has 1 atom stereocenters. The molecule has 0 saturated heterocycles. The molecule has 0 saturated carbocycles. The molecule has 1 nitrogen and oxygen atoms in total. The van der Waals surface area contributed by atoms with Crippen LogP contribution in [-0.4, -0.2) is 11.2 Å². The molecule has 0 amide bonds. The fourth-order valence-corrected chi connectivity index (χ4v) is 1.21. The second kappa shape index (κ2) is 5.99. The first-order chi connectivity index (χ1) is 7.22. The fourth-order valence-electron chi connectivity index (χ4n) is 1.21. The van der Waals surface area contributed by atoms with Gasteiger partial charge in [0.25, 0.3) is 0 Å². The minimum absolute atomic E-state index is 0.490. The lowest BCUT2D eigenvalue weighted by molar-refractivity contribution is 0.225. The number of hydrogen-bond acceptors (Lipinski definition) is 1. The molecule has 0 spiro atoms. The SMILES string of the molecule is C=CC(=C)CC(O)C=Cc1ccccc1. The molecule has 0 fully saturated rings. The first kappa shape index (κ1) is 11.5. The van der Waals surface area contributed by atoms with Gasteiger partial charge in [-0.15, -0.1) is 0 Å². The third-order valence-electron chi connectivity index (χ3n) is 2.07. The summed E-state index contributed by atoms with van der Waals surface area (Å²) in [5.41, 5.74) is 1.93. The average molecular weight is 200 g/mol. The Kier molecular flexibility index (Phi) is 4.58. The highest BCUT2D eigenvalue weighted by Gasteiger charge is 1.99. The summed E-state index contributed by atoms with van der Waals surface area (Å²) in [4.78, 5) is 0. The molecular formula is C14H16O. The van der Waals surface area contributed by atoms with Crippen LogP contribution in [0, 0.1) is 0 Å². The minimum Gasteiger partial charge on any atom is -0.389 e. The van der Waals surface area contributed by atoms with Gasteiger partial charge in [0.2, 0.25) is 0 Å². The molecule has 1 rings (SSSR count). The predicted molar refractivity (Wildman–Crippen MR) is 65.4 cm³/mol. The van der Waals surface area contributed by atoms with Crippen molar-refractivity contribution in [1.29, 1.82) is 0 Å². The summed E-state index contributed by atoms with van der Waals surface area (Å²) in [5, 5.41) is 9.62. The number of aliphatic hydroxyl groups excluding tert-OH is 1. The monoisotopic (exact) mass is 200 g/mol. The normalized spacial score (nSPS) is 12.6. The molecule has 15 heavy (non-hydrogen) atoms. The molecule has 0 aromatic heterocycles. The van der Waals surface area contributed by atoms with Gasteiger partial charge < -0.3 is 5.11 Å². The highest BCUT2D eigenvalue weighted by Crippen LogP contribution is 2.07. The Morgan fingerprint density at radius 2 is 2.00 bits per heavy atom. The van der Waals surface area contributed by atoms with Gasteiger partial charge in [-0.3, -0.25) is 0 Å². The second-order valence-corrected chi connectivity index (χ2v) is 3.40. The first-order valence-electron chi connectivity index (χ1n) is 4.94. The van der Waals surface area contributed by atoms with E-state index in [1.165, 1.54) is 0 Å². The lowest BCUT2D eigenvalue weighted by Gasteiger charge is -2.04. The van der Waals surface area contributed by atoms with Gasteiger partial charge >= 0.3 is 0 Å². The third-order valence-corrected chi connectivity index (χ3v) is 2.07. The zero-order chi connectivity index (χ0) is 11.1. The van der Waals surface area contributed by atoms with Crippen molar-refractivity contribution in [3.63, 3.8) is 0 Å². The topological polar surface area (TPSA) is 20.2 Å². The Bertz CT molecular complexity index is 349. The molecule has 0 aliphatic heterocycles. The molecule has 0 heterocycles. The van der Waals surface area contributed by atoms with Crippen molar-refractivity contribution in [3.05, 3.63) is 66.8 Å². The van der Waals surface area contributed by atoms with Gasteiger partial charge in [-0.1, -0.05) is 67.3 Å². The molecule has 0 bridgehead atoms. The maximum atomic E-state index is 9.62. The molecule has 0 aliphatic carbocycles. The van der Waals surface area contributed by atoms with E-state index in [9.17, 15) is 5.11 Å². The molecule has 1 N–H and O–H groups in total. The van der Waals surface area contributed by atoms with Crippen molar-refractivity contribution in [2.45, 2.75) is 12.5 Å². The van der Waals surface area contributed by atoms with Crippen LogP contribution in [0.15, 0.2) is 61.2 Å². The second-order valence-electron chi connectivity index (χ2n) is 3.40. The van der Waals surface area contributed by atoms with Gasteiger partial charge in [-0.2, -0.15) is 0 Å². The summed E-state index contributed by atoms with van der Waals surface area (Å²) in [6, 6.07) is 9.88. The maximum Gasteiger partial charge on any atom is 0.0764 e. The van der Waals surface area contributed by atoms with Crippen molar-refractivity contribution in [2.75, 3.05) is 0 Å². The average Bonchev–Trinajstić information content (AvgIpc) is 2.27. The predicted octanol–water partition coefficient (Wildman–Crippen LogP) is 3.19. The Balaban J connectivity index is 2.51. The lowest BCUT2D eigenvalue weighted by atomic mass is 10.1. The lowest BCUT2D eigenvalue weighted by Crippen LogP contribution is -2.01. The van der Waals surface area contributed by atoms with E-state index in [2.05, 4.69) is 13.2 Å². The van der Waals surface area contributed by atoms with Crippen LogP contribution in [0.25, 0.3) is 6.08 Å². The number of hydrogen-bond donors (Lipinski definition) is 1. The van der Waals surface area contributed by atoms with E-state index in [0.29, 0.717) is 6.42 Å². The van der Waals surface area contributed by atoms with Gasteiger partial charge in [-0.05, 0) is 5.56 Å². The molecule has 0 aliphatic rings. The van der Waals surface area contributed by atoms with Crippen molar-refractivity contribution in [2.24, 2.45) is 0 Å². The van der Waals surface area contributed by atoms with Crippen LogP contribution in [0.4, 0.5) is 0 Å². The molecular weight excluding hydrogens is 184 g/mol. The summed E-state index contributed by atoms with van der Waals surface area (Å²) in [7, 11) is 0. The summed E-state index contributed by atoms with van der Waals surface area (Å²) in [6.45, 7) is 7.35. The van der Waals surface area contributed by atoms with E-state index in [1.807, 2.05) is 36.4 Å². The van der Waals surface area contributed by atoms with Crippen molar-refractivity contribution >= 4 is 6.08 Å². The number of allylic oxidation sites excluding steroid dienone is 1. The summed E-state index contributed by atoms with van der Waals surface area (Å²) in [6.07, 6.45) is 5.38. The van der Waals surface area contributed by atoms with Crippen molar-refractivity contribution in [1.82, 2.24) is 0 Å². The molecule has 1 aromatic rings. The van der Waals surface area contributed by atoms with Gasteiger partial charge in [0.05, 0.1) is 6.10 Å². The third kappa shape index (κ3) is 4.43. The van der Waals surface area contributed by atoms with Crippen LogP contribution in [0.2, 0.25) is 0 Å². The fraction of sp³-hybridized carbons (Fsp3) is 0.143. The quantitative estimate of drug-likeness (QED) is 0.724. The summed E-state index contributed by atoms with van der Waals surface area (Å²) >= 11 is 0. The van der Waals surface area contributed by atoms with Crippen LogP contribution in [0.5, 0.6) is 0 Å². The van der Waals surface area contributed by atoms with E-state index in [-0.39, 0.29) is 0 Å². The minimum atomic E-state index is -0.490. The maximum absolute atomic E-state index is 9.62. The van der Waals surface area contributed by atoms with Gasteiger partial charge in [0.1, 0.15) is 0 Å². The van der Waals surface area contributed by atoms with Crippen LogP contribution in [0.3, 0.4) is 0 Å². The standard InChI is InChI=1S/C14H16O/c1-3-12(2)11-14(15)10-9-13-7-5-4-6-8-13/h3-10,14-15H,1-2,11H2. The van der Waals surface area contributed by atoms with E-state index in [4.69, 9.17) is 0 Å². The van der Waals surface area contributed by atoms with E-state index >= 15 is 0 Å². The summed E-state index contributed by atoms with van der Waals surface area (Å²) in [5.74, 6) is 0.